The van der Waals surface area contributed by atoms with Gasteiger partial charge in [0.25, 0.3) is 0 Å². The maximum absolute atomic E-state index is 12.7. The smallest absolute Gasteiger partial charge is 0.341 e. The second kappa shape index (κ2) is 8.77. The minimum absolute atomic E-state index is 0.133. The number of nitrogens with zero attached hydrogens (tertiary/aromatic N) is 2. The van der Waals surface area contributed by atoms with E-state index in [1.165, 1.54) is 21.3 Å². The molecule has 30 heavy (non-hydrogen) atoms. The highest BCUT2D eigenvalue weighted by Gasteiger charge is 2.33. The zero-order valence-corrected chi connectivity index (χ0v) is 17.3. The molecule has 0 spiro atoms. The molecule has 0 aliphatic carbocycles. The van der Waals surface area contributed by atoms with Crippen molar-refractivity contribution in [2.75, 3.05) is 20.1 Å². The molecule has 0 aromatic heterocycles. The Labute approximate surface area is 174 Å². The molecule has 1 aliphatic rings. The predicted molar refractivity (Wildman–Crippen MR) is 106 cm³/mol. The molecule has 2 aromatic carbocycles. The van der Waals surface area contributed by atoms with E-state index in [0.717, 1.165) is 12.1 Å². The predicted octanol–water partition coefficient (Wildman–Crippen LogP) is 3.76. The highest BCUT2D eigenvalue weighted by Crippen LogP contribution is 2.29. The number of hydrogen-bond acceptors (Lipinski definition) is 3. The quantitative estimate of drug-likeness (QED) is 0.711. The van der Waals surface area contributed by atoms with Crippen LogP contribution >= 0.6 is 0 Å². The van der Waals surface area contributed by atoms with Gasteiger partial charge in [-0.15, -0.1) is 0 Å². The van der Waals surface area contributed by atoms with Gasteiger partial charge in [0.15, 0.2) is 0 Å². The number of benzene rings is 2. The molecule has 0 N–H and O–H groups in total. The minimum Gasteiger partial charge on any atom is -0.341 e. The van der Waals surface area contributed by atoms with Crippen molar-refractivity contribution in [2.45, 2.75) is 30.5 Å². The average Bonchev–Trinajstić information content (AvgIpc) is 2.73. The summed E-state index contributed by atoms with van der Waals surface area (Å²) in [5.41, 5.74) is -0.129. The van der Waals surface area contributed by atoms with Crippen LogP contribution in [0.1, 0.15) is 24.0 Å². The van der Waals surface area contributed by atoms with Gasteiger partial charge >= 0.3 is 6.18 Å². The highest BCUT2D eigenvalue weighted by molar-refractivity contribution is 7.89. The van der Waals surface area contributed by atoms with E-state index in [2.05, 4.69) is 0 Å². The summed E-state index contributed by atoms with van der Waals surface area (Å²) < 4.78 is 64.8. The first-order valence-electron chi connectivity index (χ1n) is 9.55. The number of rotatable bonds is 5. The summed E-state index contributed by atoms with van der Waals surface area (Å²) >= 11 is 0. The van der Waals surface area contributed by atoms with E-state index in [-0.39, 0.29) is 36.4 Å². The number of carbonyl (C=O) groups is 1. The van der Waals surface area contributed by atoms with Crippen LogP contribution in [0.5, 0.6) is 0 Å². The lowest BCUT2D eigenvalue weighted by Crippen LogP contribution is -2.43. The molecule has 1 amide bonds. The van der Waals surface area contributed by atoms with E-state index in [0.29, 0.717) is 18.4 Å². The van der Waals surface area contributed by atoms with Crippen LogP contribution < -0.4 is 0 Å². The van der Waals surface area contributed by atoms with E-state index in [1.54, 1.807) is 37.4 Å². The van der Waals surface area contributed by atoms with Crippen LogP contribution in [0.4, 0.5) is 13.2 Å². The molecule has 0 atom stereocenters. The molecule has 1 heterocycles. The number of amides is 1. The summed E-state index contributed by atoms with van der Waals surface area (Å²) in [7, 11) is -1.98. The molecule has 1 aliphatic heterocycles. The Morgan fingerprint density at radius 2 is 1.60 bits per heavy atom. The third kappa shape index (κ3) is 5.02. The summed E-state index contributed by atoms with van der Waals surface area (Å²) in [6.07, 6.45) is -3.58. The molecule has 0 bridgehead atoms. The topological polar surface area (TPSA) is 57.7 Å². The molecule has 5 nitrogen and oxygen atoms in total. The number of hydrogen-bond donors (Lipinski definition) is 0. The second-order valence-electron chi connectivity index (χ2n) is 7.38. The summed E-state index contributed by atoms with van der Waals surface area (Å²) in [5, 5.41) is 0. The van der Waals surface area contributed by atoms with Crippen molar-refractivity contribution >= 4 is 15.9 Å². The Bertz CT molecular complexity index is 969. The van der Waals surface area contributed by atoms with Crippen molar-refractivity contribution in [1.82, 2.24) is 9.21 Å². The molecule has 9 heteroatoms. The van der Waals surface area contributed by atoms with Crippen LogP contribution in [0.25, 0.3) is 0 Å². The van der Waals surface area contributed by atoms with E-state index < -0.39 is 21.8 Å². The third-order valence-electron chi connectivity index (χ3n) is 5.26. The Hall–Kier alpha value is -2.39. The fraction of sp³-hybridized carbons (Fsp3) is 0.381. The summed E-state index contributed by atoms with van der Waals surface area (Å²) in [6, 6.07) is 12.9. The zero-order chi connectivity index (χ0) is 21.9. The SMILES string of the molecule is CN(Cc1ccc(C(F)(F)F)cc1)C(=O)C1CCN(S(=O)(=O)c2ccccc2)CC1. The Kier molecular flexibility index (Phi) is 6.52. The van der Waals surface area contributed by atoms with Gasteiger partial charge in [0, 0.05) is 32.6 Å². The Morgan fingerprint density at radius 1 is 1.03 bits per heavy atom. The van der Waals surface area contributed by atoms with Gasteiger partial charge < -0.3 is 4.90 Å². The first-order chi connectivity index (χ1) is 14.1. The van der Waals surface area contributed by atoms with Crippen molar-refractivity contribution in [2.24, 2.45) is 5.92 Å². The van der Waals surface area contributed by atoms with Crippen molar-refractivity contribution in [1.29, 1.82) is 0 Å². The van der Waals surface area contributed by atoms with Crippen molar-refractivity contribution in [3.8, 4) is 0 Å². The number of sulfonamides is 1. The highest BCUT2D eigenvalue weighted by atomic mass is 32.2. The number of piperidine rings is 1. The lowest BCUT2D eigenvalue weighted by Gasteiger charge is -2.32. The van der Waals surface area contributed by atoms with Crippen molar-refractivity contribution in [3.05, 3.63) is 65.7 Å². The molecule has 0 radical (unpaired) electrons. The molecular weight excluding hydrogens is 417 g/mol. The molecule has 2 aromatic rings. The fourth-order valence-electron chi connectivity index (χ4n) is 3.55. The summed E-state index contributed by atoms with van der Waals surface area (Å²) in [5.74, 6) is -0.446. The van der Waals surface area contributed by atoms with E-state index in [9.17, 15) is 26.4 Å². The average molecular weight is 440 g/mol. The normalized spacial score (nSPS) is 16.4. The molecule has 162 valence electrons. The summed E-state index contributed by atoms with van der Waals surface area (Å²) in [6.45, 7) is 0.697. The largest absolute Gasteiger partial charge is 0.416 e. The van der Waals surface area contributed by atoms with Gasteiger partial charge in [-0.05, 0) is 42.7 Å². The van der Waals surface area contributed by atoms with Gasteiger partial charge in [0.05, 0.1) is 10.5 Å². The van der Waals surface area contributed by atoms with Gasteiger partial charge in [-0.2, -0.15) is 17.5 Å². The summed E-state index contributed by atoms with van der Waals surface area (Å²) in [4.78, 5) is 14.4. The maximum atomic E-state index is 12.7. The van der Waals surface area contributed by atoms with Crippen LogP contribution in [0.3, 0.4) is 0 Å². The van der Waals surface area contributed by atoms with Crippen LogP contribution in [-0.4, -0.2) is 43.7 Å². The van der Waals surface area contributed by atoms with Gasteiger partial charge in [0.2, 0.25) is 15.9 Å². The van der Waals surface area contributed by atoms with Crippen LogP contribution in [0.2, 0.25) is 0 Å². The molecule has 3 rings (SSSR count). The number of carbonyl (C=O) groups excluding carboxylic acids is 1. The molecular formula is C21H23F3N2O3S. The number of alkyl halides is 3. The monoisotopic (exact) mass is 440 g/mol. The zero-order valence-electron chi connectivity index (χ0n) is 16.5. The standard InChI is InChI=1S/C21H23F3N2O3S/c1-25(15-16-7-9-18(10-8-16)21(22,23)24)20(27)17-11-13-26(14-12-17)30(28,29)19-5-3-2-4-6-19/h2-10,17H,11-15H2,1H3. The maximum Gasteiger partial charge on any atom is 0.416 e. The van der Waals surface area contributed by atoms with Crippen LogP contribution in [0.15, 0.2) is 59.5 Å². The molecule has 1 saturated heterocycles. The van der Waals surface area contributed by atoms with E-state index in [1.807, 2.05) is 0 Å². The van der Waals surface area contributed by atoms with E-state index in [4.69, 9.17) is 0 Å². The van der Waals surface area contributed by atoms with Gasteiger partial charge in [-0.3, -0.25) is 4.79 Å². The van der Waals surface area contributed by atoms with Crippen molar-refractivity contribution < 1.29 is 26.4 Å². The number of halogens is 3. The van der Waals surface area contributed by atoms with Crippen LogP contribution in [-0.2, 0) is 27.5 Å². The van der Waals surface area contributed by atoms with Crippen molar-refractivity contribution in [3.63, 3.8) is 0 Å². The lowest BCUT2D eigenvalue weighted by molar-refractivity contribution is -0.138. The van der Waals surface area contributed by atoms with E-state index >= 15 is 0 Å². The fourth-order valence-corrected chi connectivity index (χ4v) is 5.04. The minimum atomic E-state index is -4.39. The molecule has 1 fully saturated rings. The molecule has 0 unspecified atom stereocenters. The Morgan fingerprint density at radius 3 is 2.13 bits per heavy atom. The second-order valence-corrected chi connectivity index (χ2v) is 9.32. The molecule has 0 saturated carbocycles. The van der Waals surface area contributed by atoms with Gasteiger partial charge in [-0.25, -0.2) is 8.42 Å². The first-order valence-corrected chi connectivity index (χ1v) is 11.0. The lowest BCUT2D eigenvalue weighted by atomic mass is 9.96. The Balaban J connectivity index is 1.57. The van der Waals surface area contributed by atoms with Gasteiger partial charge in [0.1, 0.15) is 0 Å². The van der Waals surface area contributed by atoms with Gasteiger partial charge in [-0.1, -0.05) is 30.3 Å². The first kappa shape index (κ1) is 22.3. The third-order valence-corrected chi connectivity index (χ3v) is 7.17. The van der Waals surface area contributed by atoms with Crippen LogP contribution in [0, 0.1) is 5.92 Å².